The van der Waals surface area contributed by atoms with Gasteiger partial charge in [0.2, 0.25) is 5.95 Å². The Morgan fingerprint density at radius 3 is 2.53 bits per heavy atom. The Bertz CT molecular complexity index is 562. The van der Waals surface area contributed by atoms with Crippen LogP contribution in [0, 0.1) is 0 Å². The van der Waals surface area contributed by atoms with Crippen LogP contribution in [0.1, 0.15) is 10.4 Å². The van der Waals surface area contributed by atoms with Crippen LogP contribution >= 0.6 is 0 Å². The van der Waals surface area contributed by atoms with Crippen molar-refractivity contribution in [3.63, 3.8) is 0 Å². The second-order valence-corrected chi connectivity index (χ2v) is 4.07. The van der Waals surface area contributed by atoms with E-state index in [2.05, 4.69) is 20.5 Å². The first-order valence-electron chi connectivity index (χ1n) is 5.65. The van der Waals surface area contributed by atoms with Crippen molar-refractivity contribution in [3.05, 3.63) is 29.8 Å². The van der Waals surface area contributed by atoms with Crippen LogP contribution < -0.4 is 15.0 Å². The van der Waals surface area contributed by atoms with Gasteiger partial charge in [0.15, 0.2) is 0 Å². The van der Waals surface area contributed by atoms with Gasteiger partial charge in [-0.05, 0) is 24.3 Å². The van der Waals surface area contributed by atoms with Gasteiger partial charge in [0, 0.05) is 25.3 Å². The summed E-state index contributed by atoms with van der Waals surface area (Å²) in [6.45, 7) is 0. The highest BCUT2D eigenvalue weighted by molar-refractivity contribution is 6.03. The summed E-state index contributed by atoms with van der Waals surface area (Å²) in [5, 5.41) is 8.90. The molecule has 2 aromatic rings. The fourth-order valence-electron chi connectivity index (χ4n) is 1.48. The molecule has 1 heterocycles. The molecule has 0 saturated heterocycles. The third-order valence-electron chi connectivity index (χ3n) is 2.53. The number of amides is 1. The smallest absolute Gasteiger partial charge is 0.336 e. The second kappa shape index (κ2) is 5.38. The standard InChI is InChI=1S/C12H15N5O2/c1-17(2)9-6-4-8(5-7-9)10(18)13-11-14-12(19-3)16-15-11/h4-7H,1-3H3,(H2,13,14,15,16,18). The minimum atomic E-state index is -0.260. The van der Waals surface area contributed by atoms with Crippen LogP contribution in [0.15, 0.2) is 24.3 Å². The zero-order valence-electron chi connectivity index (χ0n) is 11.0. The molecule has 0 aliphatic carbocycles. The number of aromatic amines is 1. The number of ether oxygens (including phenoxy) is 1. The Morgan fingerprint density at radius 2 is 2.00 bits per heavy atom. The van der Waals surface area contributed by atoms with Crippen molar-refractivity contribution in [2.45, 2.75) is 0 Å². The first kappa shape index (κ1) is 12.9. The average molecular weight is 261 g/mol. The zero-order chi connectivity index (χ0) is 13.8. The molecule has 0 fully saturated rings. The van der Waals surface area contributed by atoms with Crippen molar-refractivity contribution >= 4 is 17.5 Å². The van der Waals surface area contributed by atoms with Crippen molar-refractivity contribution in [3.8, 4) is 6.01 Å². The zero-order valence-corrected chi connectivity index (χ0v) is 11.0. The minimum absolute atomic E-state index is 0.179. The van der Waals surface area contributed by atoms with E-state index in [-0.39, 0.29) is 17.9 Å². The highest BCUT2D eigenvalue weighted by Gasteiger charge is 2.09. The maximum Gasteiger partial charge on any atom is 0.336 e. The quantitative estimate of drug-likeness (QED) is 0.862. The van der Waals surface area contributed by atoms with Gasteiger partial charge in [-0.15, -0.1) is 5.10 Å². The molecule has 19 heavy (non-hydrogen) atoms. The molecule has 0 saturated carbocycles. The number of aromatic nitrogens is 3. The summed E-state index contributed by atoms with van der Waals surface area (Å²) in [6, 6.07) is 7.42. The van der Waals surface area contributed by atoms with Gasteiger partial charge in [-0.3, -0.25) is 10.1 Å². The molecule has 0 spiro atoms. The number of hydrogen-bond donors (Lipinski definition) is 2. The lowest BCUT2D eigenvalue weighted by atomic mass is 10.2. The lowest BCUT2D eigenvalue weighted by molar-refractivity contribution is 0.102. The summed E-state index contributed by atoms with van der Waals surface area (Å²) in [7, 11) is 5.33. The molecule has 2 N–H and O–H groups in total. The predicted octanol–water partition coefficient (Wildman–Crippen LogP) is 1.13. The molecule has 2 rings (SSSR count). The van der Waals surface area contributed by atoms with Gasteiger partial charge in [-0.1, -0.05) is 0 Å². The largest absolute Gasteiger partial charge is 0.466 e. The van der Waals surface area contributed by atoms with E-state index in [1.165, 1.54) is 7.11 Å². The summed E-state index contributed by atoms with van der Waals surface area (Å²) < 4.78 is 4.81. The first-order valence-corrected chi connectivity index (χ1v) is 5.65. The van der Waals surface area contributed by atoms with Crippen molar-refractivity contribution in [1.82, 2.24) is 15.2 Å². The monoisotopic (exact) mass is 261 g/mol. The number of carbonyl (C=O) groups is 1. The van der Waals surface area contributed by atoms with Crippen molar-refractivity contribution in [1.29, 1.82) is 0 Å². The van der Waals surface area contributed by atoms with Crippen LogP contribution in [-0.2, 0) is 0 Å². The fraction of sp³-hybridized carbons (Fsp3) is 0.250. The van der Waals surface area contributed by atoms with Crippen LogP contribution in [0.25, 0.3) is 0 Å². The van der Waals surface area contributed by atoms with E-state index in [1.54, 1.807) is 12.1 Å². The maximum absolute atomic E-state index is 11.9. The van der Waals surface area contributed by atoms with Gasteiger partial charge >= 0.3 is 6.01 Å². The molecular weight excluding hydrogens is 246 g/mol. The van der Waals surface area contributed by atoms with Gasteiger partial charge in [0.05, 0.1) is 7.11 Å². The van der Waals surface area contributed by atoms with E-state index >= 15 is 0 Å². The third-order valence-corrected chi connectivity index (χ3v) is 2.53. The average Bonchev–Trinajstić information content (AvgIpc) is 2.86. The Hall–Kier alpha value is -2.57. The van der Waals surface area contributed by atoms with Crippen LogP contribution in [0.3, 0.4) is 0 Å². The van der Waals surface area contributed by atoms with Crippen LogP contribution in [0.5, 0.6) is 6.01 Å². The predicted molar refractivity (Wildman–Crippen MR) is 71.7 cm³/mol. The highest BCUT2D eigenvalue weighted by Crippen LogP contribution is 2.13. The number of benzene rings is 1. The Morgan fingerprint density at radius 1 is 1.32 bits per heavy atom. The van der Waals surface area contributed by atoms with Crippen LogP contribution in [0.4, 0.5) is 11.6 Å². The maximum atomic E-state index is 11.9. The summed E-state index contributed by atoms with van der Waals surface area (Å²) in [5.74, 6) is -0.0114. The number of anilines is 2. The van der Waals surface area contributed by atoms with Gasteiger partial charge in [-0.2, -0.15) is 4.98 Å². The molecule has 0 aliphatic heterocycles. The topological polar surface area (TPSA) is 83.1 Å². The molecule has 0 aliphatic rings. The molecule has 0 atom stereocenters. The number of H-pyrrole nitrogens is 1. The molecular formula is C12H15N5O2. The lowest BCUT2D eigenvalue weighted by Gasteiger charge is -2.12. The van der Waals surface area contributed by atoms with E-state index in [4.69, 9.17) is 4.74 Å². The molecule has 7 nitrogen and oxygen atoms in total. The molecule has 100 valence electrons. The van der Waals surface area contributed by atoms with E-state index in [9.17, 15) is 4.79 Å². The Kier molecular flexibility index (Phi) is 3.65. The molecule has 1 aromatic heterocycles. The molecule has 0 bridgehead atoms. The van der Waals surface area contributed by atoms with E-state index < -0.39 is 0 Å². The molecule has 0 radical (unpaired) electrons. The van der Waals surface area contributed by atoms with Crippen molar-refractivity contribution < 1.29 is 9.53 Å². The lowest BCUT2D eigenvalue weighted by Crippen LogP contribution is -2.14. The third kappa shape index (κ3) is 3.01. The Labute approximate surface area is 110 Å². The summed E-state index contributed by atoms with van der Waals surface area (Å²) >= 11 is 0. The van der Waals surface area contributed by atoms with Gasteiger partial charge in [0.1, 0.15) is 0 Å². The number of nitrogens with one attached hydrogen (secondary N) is 2. The second-order valence-electron chi connectivity index (χ2n) is 4.07. The molecule has 1 amide bonds. The van der Waals surface area contributed by atoms with Crippen molar-refractivity contribution in [2.24, 2.45) is 0 Å². The SMILES string of the molecule is COc1n[nH]c(NC(=O)c2ccc(N(C)C)cc2)n1. The Balaban J connectivity index is 2.07. The minimum Gasteiger partial charge on any atom is -0.466 e. The number of methoxy groups -OCH3 is 1. The van der Waals surface area contributed by atoms with Crippen molar-refractivity contribution in [2.75, 3.05) is 31.4 Å². The number of carbonyl (C=O) groups excluding carboxylic acids is 1. The van der Waals surface area contributed by atoms with E-state index in [0.717, 1.165) is 5.69 Å². The van der Waals surface area contributed by atoms with Gasteiger partial charge in [0.25, 0.3) is 5.91 Å². The molecule has 0 unspecified atom stereocenters. The van der Waals surface area contributed by atoms with Gasteiger partial charge < -0.3 is 9.64 Å². The van der Waals surface area contributed by atoms with E-state index in [1.807, 2.05) is 31.1 Å². The van der Waals surface area contributed by atoms with Crippen LogP contribution in [-0.4, -0.2) is 42.3 Å². The summed E-state index contributed by atoms with van der Waals surface area (Å²) in [5.41, 5.74) is 1.57. The number of rotatable bonds is 4. The van der Waals surface area contributed by atoms with Crippen LogP contribution in [0.2, 0.25) is 0 Å². The number of hydrogen-bond acceptors (Lipinski definition) is 5. The highest BCUT2D eigenvalue weighted by atomic mass is 16.5. The molecule has 1 aromatic carbocycles. The normalized spacial score (nSPS) is 10.1. The molecule has 7 heteroatoms. The van der Waals surface area contributed by atoms with Gasteiger partial charge in [-0.25, -0.2) is 5.10 Å². The fourth-order valence-corrected chi connectivity index (χ4v) is 1.48. The number of nitrogens with zero attached hydrogens (tertiary/aromatic N) is 3. The van der Waals surface area contributed by atoms with E-state index in [0.29, 0.717) is 5.56 Å². The summed E-state index contributed by atoms with van der Waals surface area (Å²) in [4.78, 5) is 17.8. The first-order chi connectivity index (χ1) is 9.10. The summed E-state index contributed by atoms with van der Waals surface area (Å²) in [6.07, 6.45) is 0.